The second-order valence-electron chi connectivity index (χ2n) is 7.46. The molecule has 0 spiro atoms. The van der Waals surface area contributed by atoms with Crippen molar-refractivity contribution >= 4 is 21.6 Å². The predicted octanol–water partition coefficient (Wildman–Crippen LogP) is 3.55. The van der Waals surface area contributed by atoms with Gasteiger partial charge in [-0.1, -0.05) is 24.3 Å². The number of benzene rings is 3. The van der Waals surface area contributed by atoms with Crippen molar-refractivity contribution in [3.05, 3.63) is 77.9 Å². The molecular formula is C25H28N2O6S. The molecule has 2 N–H and O–H groups in total. The summed E-state index contributed by atoms with van der Waals surface area (Å²) in [7, 11) is -0.585. The van der Waals surface area contributed by atoms with E-state index >= 15 is 0 Å². The van der Waals surface area contributed by atoms with Gasteiger partial charge in [0.15, 0.2) is 18.1 Å². The third-order valence-corrected chi connectivity index (χ3v) is 6.55. The lowest BCUT2D eigenvalue weighted by Gasteiger charge is -2.11. The number of rotatable bonds is 11. The molecule has 0 saturated heterocycles. The fourth-order valence-electron chi connectivity index (χ4n) is 3.21. The third kappa shape index (κ3) is 6.72. The second-order valence-corrected chi connectivity index (χ2v) is 9.23. The van der Waals surface area contributed by atoms with Gasteiger partial charge in [-0.2, -0.15) is 0 Å². The van der Waals surface area contributed by atoms with Gasteiger partial charge in [0.1, 0.15) is 5.75 Å². The van der Waals surface area contributed by atoms with Gasteiger partial charge in [0, 0.05) is 12.2 Å². The Kier molecular flexibility index (Phi) is 8.50. The van der Waals surface area contributed by atoms with Crippen LogP contribution in [0.15, 0.2) is 71.6 Å². The summed E-state index contributed by atoms with van der Waals surface area (Å²) in [5, 5.41) is 2.78. The molecule has 9 heteroatoms. The van der Waals surface area contributed by atoms with E-state index in [9.17, 15) is 13.2 Å². The quantitative estimate of drug-likeness (QED) is 0.432. The van der Waals surface area contributed by atoms with Crippen molar-refractivity contribution in [2.24, 2.45) is 0 Å². The fraction of sp³-hybridized carbons (Fsp3) is 0.240. The summed E-state index contributed by atoms with van der Waals surface area (Å²) in [6, 6.07) is 18.8. The first-order chi connectivity index (χ1) is 16.3. The van der Waals surface area contributed by atoms with Crippen LogP contribution in [-0.4, -0.2) is 41.7 Å². The highest BCUT2D eigenvalue weighted by Gasteiger charge is 2.14. The molecule has 3 aromatic carbocycles. The maximum absolute atomic E-state index is 12.6. The Morgan fingerprint density at radius 2 is 1.62 bits per heavy atom. The molecule has 0 bridgehead atoms. The number of hydrogen-bond donors (Lipinski definition) is 2. The van der Waals surface area contributed by atoms with Gasteiger partial charge in [0.2, 0.25) is 10.0 Å². The van der Waals surface area contributed by atoms with Crippen molar-refractivity contribution < 1.29 is 27.4 Å². The van der Waals surface area contributed by atoms with Gasteiger partial charge < -0.3 is 19.5 Å². The molecule has 0 saturated carbocycles. The van der Waals surface area contributed by atoms with Gasteiger partial charge in [-0.3, -0.25) is 4.79 Å². The lowest BCUT2D eigenvalue weighted by molar-refractivity contribution is -0.118. The molecule has 3 aromatic rings. The maximum Gasteiger partial charge on any atom is 0.262 e. The van der Waals surface area contributed by atoms with Crippen molar-refractivity contribution in [3.63, 3.8) is 0 Å². The van der Waals surface area contributed by atoms with Gasteiger partial charge in [-0.15, -0.1) is 0 Å². The van der Waals surface area contributed by atoms with E-state index in [0.717, 1.165) is 16.8 Å². The van der Waals surface area contributed by atoms with E-state index in [0.29, 0.717) is 23.7 Å². The minimum atomic E-state index is -3.69. The standard InChI is InChI=1S/C25H28N2O6S/c1-18-6-4-5-7-22(18)27-25(28)17-33-20-9-11-21(12-10-20)34(29,30)26-15-14-19-8-13-23(31-2)24(16-19)32-3/h4-13,16,26H,14-15,17H2,1-3H3,(H,27,28). The van der Waals surface area contributed by atoms with Crippen LogP contribution >= 0.6 is 0 Å². The van der Waals surface area contributed by atoms with Crippen molar-refractivity contribution in [1.29, 1.82) is 0 Å². The summed E-state index contributed by atoms with van der Waals surface area (Å²) < 4.78 is 43.7. The fourth-order valence-corrected chi connectivity index (χ4v) is 4.24. The molecule has 34 heavy (non-hydrogen) atoms. The Bertz CT molecular complexity index is 1230. The number of methoxy groups -OCH3 is 2. The molecule has 0 unspecified atom stereocenters. The molecule has 0 atom stereocenters. The van der Waals surface area contributed by atoms with Crippen LogP contribution in [0.1, 0.15) is 11.1 Å². The van der Waals surface area contributed by atoms with E-state index < -0.39 is 10.0 Å². The molecule has 0 aromatic heterocycles. The number of nitrogens with one attached hydrogen (secondary N) is 2. The Balaban J connectivity index is 1.51. The third-order valence-electron chi connectivity index (χ3n) is 5.08. The van der Waals surface area contributed by atoms with E-state index in [-0.39, 0.29) is 24.0 Å². The maximum atomic E-state index is 12.6. The lowest BCUT2D eigenvalue weighted by Crippen LogP contribution is -2.26. The van der Waals surface area contributed by atoms with Gasteiger partial charge >= 0.3 is 0 Å². The number of amides is 1. The summed E-state index contributed by atoms with van der Waals surface area (Å²) in [5.41, 5.74) is 2.58. The molecule has 0 radical (unpaired) electrons. The number of ether oxygens (including phenoxy) is 3. The molecular weight excluding hydrogens is 456 g/mol. The Hall–Kier alpha value is -3.56. The normalized spacial score (nSPS) is 11.0. The molecule has 0 aliphatic rings. The number of sulfonamides is 1. The Morgan fingerprint density at radius 1 is 0.912 bits per heavy atom. The zero-order chi connectivity index (χ0) is 24.6. The average Bonchev–Trinajstić information content (AvgIpc) is 2.84. The topological polar surface area (TPSA) is 103 Å². The Labute approximate surface area is 199 Å². The molecule has 0 heterocycles. The van der Waals surface area contributed by atoms with Crippen LogP contribution in [0.25, 0.3) is 0 Å². The van der Waals surface area contributed by atoms with Crippen LogP contribution in [-0.2, 0) is 21.2 Å². The molecule has 180 valence electrons. The van der Waals surface area contributed by atoms with Crippen molar-refractivity contribution in [1.82, 2.24) is 4.72 Å². The zero-order valence-electron chi connectivity index (χ0n) is 19.3. The van der Waals surface area contributed by atoms with Crippen LogP contribution in [0.3, 0.4) is 0 Å². The van der Waals surface area contributed by atoms with Crippen LogP contribution in [0.5, 0.6) is 17.2 Å². The van der Waals surface area contributed by atoms with Crippen LogP contribution in [0.2, 0.25) is 0 Å². The highest BCUT2D eigenvalue weighted by Crippen LogP contribution is 2.27. The van der Waals surface area contributed by atoms with Crippen LogP contribution in [0, 0.1) is 6.92 Å². The number of hydrogen-bond acceptors (Lipinski definition) is 6. The summed E-state index contributed by atoms with van der Waals surface area (Å²) >= 11 is 0. The lowest BCUT2D eigenvalue weighted by atomic mass is 10.1. The zero-order valence-corrected chi connectivity index (χ0v) is 20.1. The monoisotopic (exact) mass is 484 g/mol. The van der Waals surface area contributed by atoms with E-state index in [4.69, 9.17) is 14.2 Å². The first-order valence-corrected chi connectivity index (χ1v) is 12.1. The SMILES string of the molecule is COc1ccc(CCNS(=O)(=O)c2ccc(OCC(=O)Nc3ccccc3C)cc2)cc1OC. The summed E-state index contributed by atoms with van der Waals surface area (Å²) in [4.78, 5) is 12.2. The van der Waals surface area contributed by atoms with Crippen LogP contribution in [0.4, 0.5) is 5.69 Å². The van der Waals surface area contributed by atoms with Gasteiger partial charge in [-0.05, 0) is 66.9 Å². The van der Waals surface area contributed by atoms with Crippen molar-refractivity contribution in [2.45, 2.75) is 18.2 Å². The van der Waals surface area contributed by atoms with Crippen LogP contribution < -0.4 is 24.2 Å². The highest BCUT2D eigenvalue weighted by molar-refractivity contribution is 7.89. The average molecular weight is 485 g/mol. The smallest absolute Gasteiger partial charge is 0.262 e. The number of para-hydroxylation sites is 1. The highest BCUT2D eigenvalue weighted by atomic mass is 32.2. The molecule has 0 aliphatic carbocycles. The molecule has 8 nitrogen and oxygen atoms in total. The van der Waals surface area contributed by atoms with Gasteiger partial charge in [-0.25, -0.2) is 13.1 Å². The first kappa shape index (κ1) is 25.1. The molecule has 0 aliphatic heterocycles. The van der Waals surface area contributed by atoms with E-state index in [1.54, 1.807) is 20.3 Å². The first-order valence-electron chi connectivity index (χ1n) is 10.6. The summed E-state index contributed by atoms with van der Waals surface area (Å²) in [5.74, 6) is 1.29. The van der Waals surface area contributed by atoms with E-state index in [1.807, 2.05) is 43.3 Å². The summed E-state index contributed by atoms with van der Waals surface area (Å²) in [6.07, 6.45) is 0.483. The van der Waals surface area contributed by atoms with Gasteiger partial charge in [0.05, 0.1) is 19.1 Å². The molecule has 0 fully saturated rings. The summed E-state index contributed by atoms with van der Waals surface area (Å²) in [6.45, 7) is 1.93. The van der Waals surface area contributed by atoms with E-state index in [1.165, 1.54) is 24.3 Å². The molecule has 1 amide bonds. The largest absolute Gasteiger partial charge is 0.493 e. The Morgan fingerprint density at radius 3 is 2.29 bits per heavy atom. The second kappa shape index (κ2) is 11.5. The van der Waals surface area contributed by atoms with Crippen molar-refractivity contribution in [2.75, 3.05) is 32.7 Å². The molecule has 3 rings (SSSR count). The predicted molar refractivity (Wildman–Crippen MR) is 130 cm³/mol. The number of carbonyl (C=O) groups is 1. The van der Waals surface area contributed by atoms with Crippen molar-refractivity contribution in [3.8, 4) is 17.2 Å². The van der Waals surface area contributed by atoms with Gasteiger partial charge in [0.25, 0.3) is 5.91 Å². The minimum Gasteiger partial charge on any atom is -0.493 e. The number of carbonyl (C=O) groups excluding carboxylic acids is 1. The number of aryl methyl sites for hydroxylation is 1. The number of anilines is 1. The van der Waals surface area contributed by atoms with E-state index in [2.05, 4.69) is 10.0 Å². The minimum absolute atomic E-state index is 0.108.